The highest BCUT2D eigenvalue weighted by Gasteiger charge is 2.07. The molecule has 2 aromatic carbocycles. The van der Waals surface area contributed by atoms with E-state index < -0.39 is 0 Å². The molecule has 0 saturated carbocycles. The predicted octanol–water partition coefficient (Wildman–Crippen LogP) is 5.06. The van der Waals surface area contributed by atoms with Crippen LogP contribution in [0.15, 0.2) is 48.8 Å². The molecule has 3 aromatic rings. The molecule has 0 aliphatic rings. The van der Waals surface area contributed by atoms with E-state index in [1.165, 1.54) is 0 Å². The minimum Gasteiger partial charge on any atom is -0.497 e. The van der Waals surface area contributed by atoms with Gasteiger partial charge in [0, 0.05) is 40.1 Å². The number of benzene rings is 2. The molecule has 0 aliphatic carbocycles. The third kappa shape index (κ3) is 5.28. The first kappa shape index (κ1) is 20.3. The van der Waals surface area contributed by atoms with Crippen molar-refractivity contribution in [2.24, 2.45) is 0 Å². The third-order valence-corrected chi connectivity index (χ3v) is 4.64. The normalized spacial score (nSPS) is 10.4. The van der Waals surface area contributed by atoms with Crippen molar-refractivity contribution in [3.05, 3.63) is 64.4 Å². The average molecular weight is 437 g/mol. The van der Waals surface area contributed by atoms with Gasteiger partial charge in [-0.25, -0.2) is 0 Å². The standard InChI is InChI=1S/C19H18Cl2N4O2S/c1-26-16-6-14(7-17(8-16)27-2)23-19(28)24-15-9-22-25(11-15)10-12-3-4-13(20)5-18(12)21/h3-9,11H,10H2,1-2H3,(H2,23,24,28). The van der Waals surface area contributed by atoms with Crippen LogP contribution in [0.4, 0.5) is 11.4 Å². The van der Waals surface area contributed by atoms with E-state index in [1.807, 2.05) is 24.4 Å². The largest absolute Gasteiger partial charge is 0.497 e. The number of hydrogen-bond donors (Lipinski definition) is 2. The molecule has 6 nitrogen and oxygen atoms in total. The summed E-state index contributed by atoms with van der Waals surface area (Å²) in [4.78, 5) is 0. The fraction of sp³-hybridized carbons (Fsp3) is 0.158. The molecule has 0 fully saturated rings. The van der Waals surface area contributed by atoms with Crippen molar-refractivity contribution >= 4 is 51.9 Å². The Morgan fingerprint density at radius 1 is 1.04 bits per heavy atom. The lowest BCUT2D eigenvalue weighted by Gasteiger charge is -2.12. The van der Waals surface area contributed by atoms with Crippen molar-refractivity contribution < 1.29 is 9.47 Å². The van der Waals surface area contributed by atoms with Gasteiger partial charge in [0.05, 0.1) is 32.6 Å². The number of rotatable bonds is 6. The Morgan fingerprint density at radius 2 is 1.71 bits per heavy atom. The topological polar surface area (TPSA) is 60.3 Å². The van der Waals surface area contributed by atoms with Gasteiger partial charge in [0.1, 0.15) is 11.5 Å². The molecule has 1 heterocycles. The highest BCUT2D eigenvalue weighted by Crippen LogP contribution is 2.26. The maximum absolute atomic E-state index is 6.22. The number of anilines is 2. The summed E-state index contributed by atoms with van der Waals surface area (Å²) in [6.07, 6.45) is 3.52. The molecule has 146 valence electrons. The van der Waals surface area contributed by atoms with Gasteiger partial charge in [-0.15, -0.1) is 0 Å². The lowest BCUT2D eigenvalue weighted by molar-refractivity contribution is 0.395. The van der Waals surface area contributed by atoms with Gasteiger partial charge in [-0.3, -0.25) is 4.68 Å². The van der Waals surface area contributed by atoms with Crippen LogP contribution < -0.4 is 20.1 Å². The molecule has 0 aliphatic heterocycles. The Labute approximate surface area is 178 Å². The molecule has 2 N–H and O–H groups in total. The van der Waals surface area contributed by atoms with E-state index in [2.05, 4.69) is 15.7 Å². The predicted molar refractivity (Wildman–Crippen MR) is 117 cm³/mol. The van der Waals surface area contributed by atoms with Gasteiger partial charge >= 0.3 is 0 Å². The first-order valence-electron chi connectivity index (χ1n) is 8.24. The number of nitrogens with one attached hydrogen (secondary N) is 2. The van der Waals surface area contributed by atoms with Crippen molar-refractivity contribution in [2.45, 2.75) is 6.54 Å². The fourth-order valence-corrected chi connectivity index (χ4v) is 3.22. The lowest BCUT2D eigenvalue weighted by atomic mass is 10.2. The first-order chi connectivity index (χ1) is 13.5. The molecule has 0 bridgehead atoms. The quantitative estimate of drug-likeness (QED) is 0.526. The summed E-state index contributed by atoms with van der Waals surface area (Å²) in [5.74, 6) is 1.33. The summed E-state index contributed by atoms with van der Waals surface area (Å²) in [5.41, 5.74) is 2.41. The third-order valence-electron chi connectivity index (χ3n) is 3.85. The van der Waals surface area contributed by atoms with Crippen molar-refractivity contribution in [3.8, 4) is 11.5 Å². The van der Waals surface area contributed by atoms with Crippen LogP contribution in [0.2, 0.25) is 10.0 Å². The van der Waals surface area contributed by atoms with Crippen LogP contribution in [0.3, 0.4) is 0 Å². The number of aromatic nitrogens is 2. The van der Waals surface area contributed by atoms with Crippen LogP contribution in [0.5, 0.6) is 11.5 Å². The molecular formula is C19H18Cl2N4O2S. The second-order valence-corrected chi connectivity index (χ2v) is 7.09. The van der Waals surface area contributed by atoms with Crippen molar-refractivity contribution in [1.29, 1.82) is 0 Å². The van der Waals surface area contributed by atoms with Gasteiger partial charge in [0.15, 0.2) is 5.11 Å². The van der Waals surface area contributed by atoms with Crippen LogP contribution in [-0.2, 0) is 6.54 Å². The van der Waals surface area contributed by atoms with Crippen LogP contribution in [0.1, 0.15) is 5.56 Å². The highest BCUT2D eigenvalue weighted by molar-refractivity contribution is 7.80. The molecular weight excluding hydrogens is 419 g/mol. The summed E-state index contributed by atoms with van der Waals surface area (Å²) < 4.78 is 12.3. The van der Waals surface area contributed by atoms with Crippen LogP contribution in [0.25, 0.3) is 0 Å². The Kier molecular flexibility index (Phi) is 6.61. The first-order valence-corrected chi connectivity index (χ1v) is 9.40. The number of hydrogen-bond acceptors (Lipinski definition) is 4. The van der Waals surface area contributed by atoms with Gasteiger partial charge in [0.25, 0.3) is 0 Å². The van der Waals surface area contributed by atoms with Gasteiger partial charge in [-0.05, 0) is 29.9 Å². The summed E-state index contributed by atoms with van der Waals surface area (Å²) in [6.45, 7) is 0.519. The monoisotopic (exact) mass is 436 g/mol. The summed E-state index contributed by atoms with van der Waals surface area (Å²) >= 11 is 17.5. The SMILES string of the molecule is COc1cc(NC(=S)Nc2cnn(Cc3ccc(Cl)cc3Cl)c2)cc(OC)c1. The fourth-order valence-electron chi connectivity index (χ4n) is 2.51. The van der Waals surface area contributed by atoms with Crippen LogP contribution in [0, 0.1) is 0 Å². The second kappa shape index (κ2) is 9.14. The smallest absolute Gasteiger partial charge is 0.175 e. The lowest BCUT2D eigenvalue weighted by Crippen LogP contribution is -2.18. The molecule has 1 aromatic heterocycles. The number of nitrogens with zero attached hydrogens (tertiary/aromatic N) is 2. The van der Waals surface area contributed by atoms with E-state index in [0.717, 1.165) is 16.9 Å². The van der Waals surface area contributed by atoms with E-state index in [4.69, 9.17) is 44.9 Å². The molecule has 0 amide bonds. The van der Waals surface area contributed by atoms with E-state index in [-0.39, 0.29) is 0 Å². The number of methoxy groups -OCH3 is 2. The molecule has 0 atom stereocenters. The van der Waals surface area contributed by atoms with Gasteiger partial charge < -0.3 is 20.1 Å². The summed E-state index contributed by atoms with van der Waals surface area (Å²) in [5, 5.41) is 12.1. The molecule has 0 spiro atoms. The van der Waals surface area contributed by atoms with Gasteiger partial charge in [0.2, 0.25) is 0 Å². The van der Waals surface area contributed by atoms with Gasteiger partial charge in [-0.2, -0.15) is 5.10 Å². The highest BCUT2D eigenvalue weighted by atomic mass is 35.5. The molecule has 0 unspecified atom stereocenters. The minimum atomic E-state index is 0.416. The Balaban J connectivity index is 1.64. The Bertz CT molecular complexity index is 972. The van der Waals surface area contributed by atoms with Crippen molar-refractivity contribution in [1.82, 2.24) is 9.78 Å². The van der Waals surface area contributed by atoms with Crippen LogP contribution in [-0.4, -0.2) is 29.1 Å². The zero-order chi connectivity index (χ0) is 20.1. The van der Waals surface area contributed by atoms with E-state index in [0.29, 0.717) is 33.2 Å². The molecule has 9 heteroatoms. The van der Waals surface area contributed by atoms with Crippen molar-refractivity contribution in [2.75, 3.05) is 24.9 Å². The zero-order valence-corrected chi connectivity index (χ0v) is 17.5. The molecule has 0 radical (unpaired) electrons. The van der Waals surface area contributed by atoms with Gasteiger partial charge in [-0.1, -0.05) is 29.3 Å². The maximum Gasteiger partial charge on any atom is 0.175 e. The minimum absolute atomic E-state index is 0.416. The number of halogens is 2. The molecule has 28 heavy (non-hydrogen) atoms. The van der Waals surface area contributed by atoms with E-state index >= 15 is 0 Å². The molecule has 0 saturated heterocycles. The average Bonchev–Trinajstić information content (AvgIpc) is 3.10. The van der Waals surface area contributed by atoms with E-state index in [9.17, 15) is 0 Å². The Morgan fingerprint density at radius 3 is 2.36 bits per heavy atom. The summed E-state index contributed by atoms with van der Waals surface area (Å²) in [7, 11) is 3.19. The molecule has 3 rings (SSSR count). The summed E-state index contributed by atoms with van der Waals surface area (Å²) in [6, 6.07) is 10.8. The maximum atomic E-state index is 6.22. The number of thiocarbonyl (C=S) groups is 1. The van der Waals surface area contributed by atoms with Crippen molar-refractivity contribution in [3.63, 3.8) is 0 Å². The zero-order valence-electron chi connectivity index (χ0n) is 15.2. The number of ether oxygens (including phenoxy) is 2. The second-order valence-electron chi connectivity index (χ2n) is 5.84. The van der Waals surface area contributed by atoms with E-state index in [1.54, 1.807) is 43.3 Å². The van der Waals surface area contributed by atoms with Crippen LogP contribution >= 0.6 is 35.4 Å². The Hall–Kier alpha value is -2.48.